The number of rotatable bonds is 6. The summed E-state index contributed by atoms with van der Waals surface area (Å²) >= 11 is 0. The van der Waals surface area contributed by atoms with E-state index in [0.29, 0.717) is 37.9 Å². The van der Waals surface area contributed by atoms with E-state index >= 15 is 0 Å². The smallest absolute Gasteiger partial charge is 0.225 e. The second-order valence-corrected chi connectivity index (χ2v) is 9.81. The number of aliphatic imine (C=N–C) groups is 1. The Labute approximate surface area is 186 Å². The molecule has 28 heavy (non-hydrogen) atoms. The van der Waals surface area contributed by atoms with Gasteiger partial charge in [-0.05, 0) is 32.6 Å². The summed E-state index contributed by atoms with van der Waals surface area (Å²) in [6.07, 6.45) is 6.06. The van der Waals surface area contributed by atoms with E-state index < -0.39 is 10.0 Å². The number of nitrogens with one attached hydrogen (secondary N) is 2. The van der Waals surface area contributed by atoms with Gasteiger partial charge < -0.3 is 15.5 Å². The lowest BCUT2D eigenvalue weighted by Gasteiger charge is -2.21. The van der Waals surface area contributed by atoms with Crippen molar-refractivity contribution in [3.8, 4) is 0 Å². The Morgan fingerprint density at radius 3 is 2.54 bits per heavy atom. The van der Waals surface area contributed by atoms with Crippen LogP contribution in [0.2, 0.25) is 0 Å². The predicted octanol–water partition coefficient (Wildman–Crippen LogP) is 0.986. The number of carbonyl (C=O) groups excluding carboxylic acids is 1. The Morgan fingerprint density at radius 2 is 1.89 bits per heavy atom. The maximum atomic E-state index is 12.6. The van der Waals surface area contributed by atoms with Crippen LogP contribution < -0.4 is 10.6 Å². The first-order chi connectivity index (χ1) is 13.0. The van der Waals surface area contributed by atoms with Crippen molar-refractivity contribution in [2.75, 3.05) is 45.0 Å². The fraction of sp³-hybridized carbons (Fsp3) is 0.889. The lowest BCUT2D eigenvalue weighted by atomic mass is 10.1. The molecule has 1 atom stereocenters. The summed E-state index contributed by atoms with van der Waals surface area (Å²) in [6.45, 7) is 5.74. The molecule has 1 saturated carbocycles. The van der Waals surface area contributed by atoms with E-state index in [-0.39, 0.29) is 41.7 Å². The second kappa shape index (κ2) is 11.0. The molecule has 1 aliphatic carbocycles. The van der Waals surface area contributed by atoms with Gasteiger partial charge in [0.05, 0.1) is 12.3 Å². The van der Waals surface area contributed by atoms with Crippen LogP contribution in [0.25, 0.3) is 0 Å². The summed E-state index contributed by atoms with van der Waals surface area (Å²) in [5.74, 6) is 1.50. The van der Waals surface area contributed by atoms with E-state index in [9.17, 15) is 13.2 Å². The zero-order chi connectivity index (χ0) is 19.3. The van der Waals surface area contributed by atoms with Crippen LogP contribution in [-0.2, 0) is 14.8 Å². The topological polar surface area (TPSA) is 94.1 Å². The lowest BCUT2D eigenvalue weighted by molar-refractivity contribution is -0.134. The van der Waals surface area contributed by atoms with Crippen molar-refractivity contribution >= 4 is 45.9 Å². The van der Waals surface area contributed by atoms with E-state index in [1.807, 2.05) is 11.8 Å². The maximum absolute atomic E-state index is 12.6. The third-order valence-electron chi connectivity index (χ3n) is 5.71. The molecule has 0 bridgehead atoms. The fourth-order valence-electron chi connectivity index (χ4n) is 4.24. The van der Waals surface area contributed by atoms with Crippen LogP contribution in [-0.4, -0.2) is 80.6 Å². The number of carbonyl (C=O) groups is 1. The Balaban J connectivity index is 0.00000280. The summed E-state index contributed by atoms with van der Waals surface area (Å²) in [5.41, 5.74) is 0. The van der Waals surface area contributed by atoms with Crippen molar-refractivity contribution in [2.24, 2.45) is 10.9 Å². The van der Waals surface area contributed by atoms with E-state index in [1.165, 1.54) is 17.1 Å². The molecule has 3 aliphatic rings. The van der Waals surface area contributed by atoms with Crippen LogP contribution in [0.1, 0.15) is 45.4 Å². The molecule has 8 nitrogen and oxygen atoms in total. The number of guanidine groups is 1. The van der Waals surface area contributed by atoms with Gasteiger partial charge in [0.2, 0.25) is 15.9 Å². The highest BCUT2D eigenvalue weighted by molar-refractivity contribution is 14.0. The Bertz CT molecular complexity index is 652. The largest absolute Gasteiger partial charge is 0.357 e. The minimum absolute atomic E-state index is 0. The quantitative estimate of drug-likeness (QED) is 0.305. The molecule has 162 valence electrons. The van der Waals surface area contributed by atoms with Crippen LogP contribution in [0.5, 0.6) is 0 Å². The second-order valence-electron chi connectivity index (χ2n) is 7.72. The van der Waals surface area contributed by atoms with Crippen molar-refractivity contribution < 1.29 is 13.2 Å². The minimum atomic E-state index is -3.07. The van der Waals surface area contributed by atoms with E-state index in [2.05, 4.69) is 15.6 Å². The van der Waals surface area contributed by atoms with E-state index in [4.69, 9.17) is 0 Å². The average molecular weight is 527 g/mol. The Kier molecular flexibility index (Phi) is 9.26. The highest BCUT2D eigenvalue weighted by atomic mass is 127. The number of hydrogen-bond donors (Lipinski definition) is 2. The molecule has 10 heteroatoms. The first kappa shape index (κ1) is 23.7. The molecule has 2 heterocycles. The molecule has 2 aliphatic heterocycles. The molecule has 0 aromatic heterocycles. The molecule has 2 saturated heterocycles. The molecule has 1 amide bonds. The summed E-state index contributed by atoms with van der Waals surface area (Å²) in [4.78, 5) is 19.1. The van der Waals surface area contributed by atoms with Crippen molar-refractivity contribution in [1.82, 2.24) is 19.8 Å². The summed E-state index contributed by atoms with van der Waals surface area (Å²) in [5, 5.41) is 6.64. The number of hydrogen-bond acceptors (Lipinski definition) is 4. The highest BCUT2D eigenvalue weighted by Gasteiger charge is 2.32. The van der Waals surface area contributed by atoms with Crippen LogP contribution in [0.15, 0.2) is 4.99 Å². The normalized spacial score (nSPS) is 25.7. The first-order valence-electron chi connectivity index (χ1n) is 10.3. The molecule has 3 rings (SSSR count). The lowest BCUT2D eigenvalue weighted by Crippen LogP contribution is -2.45. The number of amides is 1. The zero-order valence-electron chi connectivity index (χ0n) is 16.7. The van der Waals surface area contributed by atoms with E-state index in [0.717, 1.165) is 38.9 Å². The maximum Gasteiger partial charge on any atom is 0.225 e. The van der Waals surface area contributed by atoms with Gasteiger partial charge in [-0.1, -0.05) is 12.8 Å². The number of likely N-dealkylation sites (tertiary alicyclic amines) is 1. The fourth-order valence-corrected chi connectivity index (χ4v) is 5.76. The van der Waals surface area contributed by atoms with Crippen molar-refractivity contribution in [2.45, 2.75) is 51.5 Å². The van der Waals surface area contributed by atoms with Gasteiger partial charge in [0, 0.05) is 44.7 Å². The van der Waals surface area contributed by atoms with Crippen LogP contribution in [0.4, 0.5) is 0 Å². The zero-order valence-corrected chi connectivity index (χ0v) is 19.9. The molecule has 0 spiro atoms. The number of halogens is 1. The molecule has 1 unspecified atom stereocenters. The number of nitrogens with zero attached hydrogens (tertiary/aromatic N) is 3. The van der Waals surface area contributed by atoms with Crippen LogP contribution >= 0.6 is 24.0 Å². The van der Waals surface area contributed by atoms with Gasteiger partial charge in [-0.25, -0.2) is 12.7 Å². The van der Waals surface area contributed by atoms with Crippen molar-refractivity contribution in [1.29, 1.82) is 0 Å². The average Bonchev–Trinajstić information content (AvgIpc) is 3.36. The minimum Gasteiger partial charge on any atom is -0.357 e. The molecule has 3 fully saturated rings. The molecule has 2 N–H and O–H groups in total. The molecule has 0 aromatic carbocycles. The van der Waals surface area contributed by atoms with Gasteiger partial charge in [-0.2, -0.15) is 0 Å². The third kappa shape index (κ3) is 6.19. The van der Waals surface area contributed by atoms with Gasteiger partial charge in [-0.15, -0.1) is 24.0 Å². The molecular weight excluding hydrogens is 493 g/mol. The summed E-state index contributed by atoms with van der Waals surface area (Å²) in [6, 6.07) is 0.198. The van der Waals surface area contributed by atoms with Gasteiger partial charge in [0.1, 0.15) is 0 Å². The molecule has 0 aromatic rings. The SMILES string of the molecule is CCNC(=NCCN1CCCS1(=O)=O)NC1CCN(C(=O)C2CCCC2)C1.I. The van der Waals surface area contributed by atoms with Gasteiger partial charge in [0.25, 0.3) is 0 Å². The first-order valence-corrected chi connectivity index (χ1v) is 11.9. The van der Waals surface area contributed by atoms with Gasteiger partial charge in [-0.3, -0.25) is 9.79 Å². The third-order valence-corrected chi connectivity index (χ3v) is 7.67. The van der Waals surface area contributed by atoms with Gasteiger partial charge in [0.15, 0.2) is 5.96 Å². The monoisotopic (exact) mass is 527 g/mol. The summed E-state index contributed by atoms with van der Waals surface area (Å²) in [7, 11) is -3.07. The number of sulfonamides is 1. The molecule has 0 radical (unpaired) electrons. The van der Waals surface area contributed by atoms with Crippen LogP contribution in [0.3, 0.4) is 0 Å². The van der Waals surface area contributed by atoms with Crippen molar-refractivity contribution in [3.05, 3.63) is 0 Å². The summed E-state index contributed by atoms with van der Waals surface area (Å²) < 4.78 is 25.2. The van der Waals surface area contributed by atoms with Crippen LogP contribution in [0, 0.1) is 5.92 Å². The molecular formula is C18H34IN5O3S. The Morgan fingerprint density at radius 1 is 1.14 bits per heavy atom. The predicted molar refractivity (Wildman–Crippen MR) is 121 cm³/mol. The van der Waals surface area contributed by atoms with E-state index in [1.54, 1.807) is 0 Å². The van der Waals surface area contributed by atoms with Gasteiger partial charge >= 0.3 is 0 Å². The van der Waals surface area contributed by atoms with Crippen molar-refractivity contribution in [3.63, 3.8) is 0 Å². The highest BCUT2D eigenvalue weighted by Crippen LogP contribution is 2.27. The Hall–Kier alpha value is -0.620. The standard InChI is InChI=1S/C18H33N5O3S.HI/c1-2-19-18(20-9-12-23-10-5-13-27(23,25)26)21-16-8-11-22(14-16)17(24)15-6-3-4-7-15;/h15-16H,2-14H2,1H3,(H2,19,20,21);1H.